The van der Waals surface area contributed by atoms with E-state index in [1.54, 1.807) is 11.3 Å². The monoisotopic (exact) mass is 339 g/mol. The van der Waals surface area contributed by atoms with Crippen molar-refractivity contribution in [3.05, 3.63) is 38.9 Å². The van der Waals surface area contributed by atoms with Crippen molar-refractivity contribution in [2.45, 2.75) is 39.2 Å². The summed E-state index contributed by atoms with van der Waals surface area (Å²) in [5.74, 6) is 2.07. The van der Waals surface area contributed by atoms with Gasteiger partial charge in [0.25, 0.3) is 0 Å². The van der Waals surface area contributed by atoms with E-state index in [-0.39, 0.29) is 0 Å². The number of halogens is 1. The van der Waals surface area contributed by atoms with Gasteiger partial charge >= 0.3 is 0 Å². The fourth-order valence-electron chi connectivity index (χ4n) is 1.83. The quantitative estimate of drug-likeness (QED) is 0.816. The number of hydrogen-bond donors (Lipinski definition) is 1. The third-order valence-electron chi connectivity index (χ3n) is 2.74. The number of anilines is 1. The molecule has 0 spiro atoms. The van der Waals surface area contributed by atoms with Crippen LogP contribution in [-0.2, 0) is 6.42 Å². The molecule has 0 bridgehead atoms. The number of nitrogens with one attached hydrogen (secondary N) is 1. The third-order valence-corrected chi connectivity index (χ3v) is 3.88. The first-order valence-corrected chi connectivity index (χ1v) is 8.10. The summed E-state index contributed by atoms with van der Waals surface area (Å²) in [6.45, 7) is 6.36. The van der Waals surface area contributed by atoms with E-state index in [0.717, 1.165) is 22.7 Å². The van der Waals surface area contributed by atoms with Crippen LogP contribution < -0.4 is 5.32 Å². The van der Waals surface area contributed by atoms with E-state index in [9.17, 15) is 0 Å². The summed E-state index contributed by atoms with van der Waals surface area (Å²) in [6.07, 6.45) is 1.00. The molecule has 2 aromatic rings. The Morgan fingerprint density at radius 1 is 1.32 bits per heavy atom. The van der Waals surface area contributed by atoms with Crippen LogP contribution in [0.5, 0.6) is 0 Å². The fourth-order valence-corrected chi connectivity index (χ4v) is 2.91. The first-order chi connectivity index (χ1) is 9.04. The lowest BCUT2D eigenvalue weighted by molar-refractivity contribution is 0.751. The van der Waals surface area contributed by atoms with E-state index in [1.165, 1.54) is 5.56 Å². The average molecular weight is 340 g/mol. The Kier molecular flexibility index (Phi) is 4.93. The van der Waals surface area contributed by atoms with Gasteiger partial charge in [-0.25, -0.2) is 9.97 Å². The van der Waals surface area contributed by atoms with Gasteiger partial charge in [-0.15, -0.1) is 0 Å². The van der Waals surface area contributed by atoms with Crippen LogP contribution in [0.2, 0.25) is 0 Å². The van der Waals surface area contributed by atoms with Crippen LogP contribution in [-0.4, -0.2) is 16.0 Å². The largest absolute Gasteiger partial charge is 0.367 e. The Morgan fingerprint density at radius 3 is 2.74 bits per heavy atom. The van der Waals surface area contributed by atoms with E-state index < -0.39 is 0 Å². The highest BCUT2D eigenvalue weighted by Crippen LogP contribution is 2.19. The highest BCUT2D eigenvalue weighted by atomic mass is 79.9. The zero-order valence-corrected chi connectivity index (χ0v) is 13.8. The summed E-state index contributed by atoms with van der Waals surface area (Å²) in [7, 11) is 0. The summed E-state index contributed by atoms with van der Waals surface area (Å²) in [5.41, 5.74) is 1.36. The fraction of sp³-hybridized carbons (Fsp3) is 0.429. The van der Waals surface area contributed by atoms with Crippen molar-refractivity contribution in [1.82, 2.24) is 9.97 Å². The van der Waals surface area contributed by atoms with Crippen molar-refractivity contribution in [2.75, 3.05) is 5.32 Å². The second kappa shape index (κ2) is 6.48. The molecule has 3 nitrogen and oxygen atoms in total. The zero-order chi connectivity index (χ0) is 13.8. The Bertz CT molecular complexity index is 525. The molecule has 5 heteroatoms. The SMILES string of the molecule is CC(Cc1ccsc1)Nc1cc(Br)nc(C(C)C)n1. The predicted molar refractivity (Wildman–Crippen MR) is 84.9 cm³/mol. The lowest BCUT2D eigenvalue weighted by atomic mass is 10.1. The van der Waals surface area contributed by atoms with Gasteiger partial charge in [-0.1, -0.05) is 13.8 Å². The number of hydrogen-bond acceptors (Lipinski definition) is 4. The Labute approximate surface area is 126 Å². The minimum absolute atomic E-state index is 0.324. The Balaban J connectivity index is 2.05. The maximum atomic E-state index is 4.55. The van der Waals surface area contributed by atoms with E-state index in [0.29, 0.717) is 12.0 Å². The molecule has 2 rings (SSSR count). The first-order valence-electron chi connectivity index (χ1n) is 6.36. The van der Waals surface area contributed by atoms with Gasteiger partial charge in [0, 0.05) is 18.0 Å². The van der Waals surface area contributed by atoms with Gasteiger partial charge in [0.1, 0.15) is 16.2 Å². The summed E-state index contributed by atoms with van der Waals surface area (Å²) < 4.78 is 0.830. The summed E-state index contributed by atoms with van der Waals surface area (Å²) >= 11 is 5.18. The molecule has 0 amide bonds. The molecule has 0 saturated carbocycles. The van der Waals surface area contributed by atoms with Gasteiger partial charge in [-0.05, 0) is 51.7 Å². The molecule has 0 aromatic carbocycles. The highest BCUT2D eigenvalue weighted by Gasteiger charge is 2.09. The van der Waals surface area contributed by atoms with E-state index in [4.69, 9.17) is 0 Å². The van der Waals surface area contributed by atoms with Crippen LogP contribution in [0.4, 0.5) is 5.82 Å². The second-order valence-electron chi connectivity index (χ2n) is 4.97. The summed E-state index contributed by atoms with van der Waals surface area (Å²) in [5, 5.41) is 7.74. The molecule has 1 N–H and O–H groups in total. The van der Waals surface area contributed by atoms with Crippen molar-refractivity contribution in [3.8, 4) is 0 Å². The second-order valence-corrected chi connectivity index (χ2v) is 6.56. The minimum Gasteiger partial charge on any atom is -0.367 e. The number of nitrogens with zero attached hydrogens (tertiary/aromatic N) is 2. The normalized spacial score (nSPS) is 12.7. The number of aromatic nitrogens is 2. The van der Waals surface area contributed by atoms with Crippen molar-refractivity contribution in [3.63, 3.8) is 0 Å². The molecule has 2 heterocycles. The lowest BCUT2D eigenvalue weighted by Crippen LogP contribution is -2.19. The Hall–Kier alpha value is -0.940. The molecule has 0 fully saturated rings. The van der Waals surface area contributed by atoms with Crippen molar-refractivity contribution in [2.24, 2.45) is 0 Å². The van der Waals surface area contributed by atoms with Gasteiger partial charge in [0.2, 0.25) is 0 Å². The minimum atomic E-state index is 0.324. The van der Waals surface area contributed by atoms with Crippen LogP contribution in [0.3, 0.4) is 0 Å². The molecular weight excluding hydrogens is 322 g/mol. The predicted octanol–water partition coefficient (Wildman–Crippen LogP) is 4.47. The van der Waals surface area contributed by atoms with Gasteiger partial charge in [-0.3, -0.25) is 0 Å². The molecule has 19 heavy (non-hydrogen) atoms. The van der Waals surface area contributed by atoms with E-state index >= 15 is 0 Å². The molecule has 0 aliphatic heterocycles. The van der Waals surface area contributed by atoms with Crippen LogP contribution in [0.1, 0.15) is 38.1 Å². The van der Waals surface area contributed by atoms with Gasteiger partial charge in [-0.2, -0.15) is 11.3 Å². The first kappa shape index (κ1) is 14.5. The molecule has 0 aliphatic carbocycles. The van der Waals surface area contributed by atoms with Crippen LogP contribution in [0.25, 0.3) is 0 Å². The molecule has 0 aliphatic rings. The maximum Gasteiger partial charge on any atom is 0.134 e. The smallest absolute Gasteiger partial charge is 0.134 e. The third kappa shape index (κ3) is 4.28. The maximum absolute atomic E-state index is 4.55. The summed E-state index contributed by atoms with van der Waals surface area (Å²) in [6, 6.07) is 4.44. The summed E-state index contributed by atoms with van der Waals surface area (Å²) in [4.78, 5) is 8.94. The van der Waals surface area contributed by atoms with Gasteiger partial charge in [0.15, 0.2) is 0 Å². The molecule has 0 saturated heterocycles. The number of thiophene rings is 1. The molecule has 0 radical (unpaired) electrons. The number of rotatable bonds is 5. The van der Waals surface area contributed by atoms with Crippen molar-refractivity contribution in [1.29, 1.82) is 0 Å². The van der Waals surface area contributed by atoms with E-state index in [2.05, 4.69) is 68.8 Å². The standard InChI is InChI=1S/C14H18BrN3S/c1-9(2)14-17-12(15)7-13(18-14)16-10(3)6-11-4-5-19-8-11/h4-5,7-10H,6H2,1-3H3,(H,16,17,18). The van der Waals surface area contributed by atoms with E-state index in [1.807, 2.05) is 6.07 Å². The molecule has 1 unspecified atom stereocenters. The average Bonchev–Trinajstić information content (AvgIpc) is 2.80. The van der Waals surface area contributed by atoms with Crippen molar-refractivity contribution < 1.29 is 0 Å². The lowest BCUT2D eigenvalue weighted by Gasteiger charge is -2.15. The van der Waals surface area contributed by atoms with Crippen LogP contribution in [0.15, 0.2) is 27.5 Å². The molecule has 1 atom stereocenters. The van der Waals surface area contributed by atoms with Crippen LogP contribution in [0, 0.1) is 0 Å². The highest BCUT2D eigenvalue weighted by molar-refractivity contribution is 9.10. The Morgan fingerprint density at radius 2 is 2.11 bits per heavy atom. The zero-order valence-electron chi connectivity index (χ0n) is 11.4. The molecule has 102 valence electrons. The topological polar surface area (TPSA) is 37.8 Å². The van der Waals surface area contributed by atoms with Crippen LogP contribution >= 0.6 is 27.3 Å². The van der Waals surface area contributed by atoms with Gasteiger partial charge < -0.3 is 5.32 Å². The molecule has 2 aromatic heterocycles. The van der Waals surface area contributed by atoms with Crippen molar-refractivity contribution >= 4 is 33.1 Å². The van der Waals surface area contributed by atoms with Gasteiger partial charge in [0.05, 0.1) is 0 Å². The molecular formula is C14H18BrN3S.